The molecule has 4 rings (SSSR count). The number of hydrogen-bond acceptors (Lipinski definition) is 5. The number of nitrogens with one attached hydrogen (secondary N) is 3. The summed E-state index contributed by atoms with van der Waals surface area (Å²) in [5.74, 6) is -1.12. The number of alkyl halides is 3. The number of aromatic nitrogens is 1. The number of benzene rings is 3. The molecule has 0 spiro atoms. The van der Waals surface area contributed by atoms with Crippen LogP contribution in [0.1, 0.15) is 21.5 Å². The molecule has 5 N–H and O–H groups in total. The molecule has 0 unspecified atom stereocenters. The third-order valence-corrected chi connectivity index (χ3v) is 4.98. The summed E-state index contributed by atoms with van der Waals surface area (Å²) in [5.41, 5.74) is 5.90. The van der Waals surface area contributed by atoms with E-state index in [-0.39, 0.29) is 34.9 Å². The van der Waals surface area contributed by atoms with Gasteiger partial charge in [-0.15, -0.1) is 0 Å². The number of fused-ring (bicyclic) bond motifs is 1. The Morgan fingerprint density at radius 2 is 1.69 bits per heavy atom. The Labute approximate surface area is 195 Å². The Bertz CT molecular complexity index is 1400. The van der Waals surface area contributed by atoms with Crippen LogP contribution in [0.15, 0.2) is 65.2 Å². The summed E-state index contributed by atoms with van der Waals surface area (Å²) in [6, 6.07) is 11.6. The first-order chi connectivity index (χ1) is 16.6. The van der Waals surface area contributed by atoms with Gasteiger partial charge >= 0.3 is 12.2 Å². The fraction of sp³-hybridized carbons (Fsp3) is 0.0870. The summed E-state index contributed by atoms with van der Waals surface area (Å²) < 4.78 is 57.2. The van der Waals surface area contributed by atoms with Gasteiger partial charge in [0.15, 0.2) is 11.4 Å². The third-order valence-electron chi connectivity index (χ3n) is 4.98. The zero-order chi connectivity index (χ0) is 25.2. The number of nitrogens with two attached hydrogens (primary N) is 1. The zero-order valence-electron chi connectivity index (χ0n) is 17.7. The average Bonchev–Trinajstić information content (AvgIpc) is 3.20. The van der Waals surface area contributed by atoms with Crippen LogP contribution in [0, 0.1) is 5.82 Å². The van der Waals surface area contributed by atoms with Gasteiger partial charge in [0.2, 0.25) is 0 Å². The van der Waals surface area contributed by atoms with E-state index in [1.807, 2.05) is 0 Å². The average molecular weight is 487 g/mol. The maximum atomic E-state index is 14.3. The Morgan fingerprint density at radius 1 is 0.971 bits per heavy atom. The molecular formula is C23H17F4N5O3. The second-order valence-electron chi connectivity index (χ2n) is 7.39. The number of urea groups is 1. The van der Waals surface area contributed by atoms with Crippen LogP contribution in [0.3, 0.4) is 0 Å². The number of halogens is 4. The minimum atomic E-state index is -4.49. The molecule has 1 aromatic heterocycles. The highest BCUT2D eigenvalue weighted by Gasteiger charge is 2.30. The monoisotopic (exact) mass is 487 g/mol. The van der Waals surface area contributed by atoms with Crippen molar-refractivity contribution in [1.82, 2.24) is 10.5 Å². The smallest absolute Gasteiger partial charge is 0.380 e. The Kier molecular flexibility index (Phi) is 6.28. The lowest BCUT2D eigenvalue weighted by Crippen LogP contribution is -2.28. The highest BCUT2D eigenvalue weighted by Crippen LogP contribution is 2.30. The van der Waals surface area contributed by atoms with Crippen molar-refractivity contribution >= 4 is 40.1 Å². The summed E-state index contributed by atoms with van der Waals surface area (Å²) >= 11 is 0. The molecule has 0 aliphatic heterocycles. The number of anilines is 3. The highest BCUT2D eigenvalue weighted by atomic mass is 19.4. The first-order valence-electron chi connectivity index (χ1n) is 10.1. The van der Waals surface area contributed by atoms with Crippen LogP contribution >= 0.6 is 0 Å². The van der Waals surface area contributed by atoms with Gasteiger partial charge in [0.05, 0.1) is 16.5 Å². The van der Waals surface area contributed by atoms with Crippen molar-refractivity contribution in [2.75, 3.05) is 16.4 Å². The van der Waals surface area contributed by atoms with Gasteiger partial charge in [-0.1, -0.05) is 11.2 Å². The summed E-state index contributed by atoms with van der Waals surface area (Å²) in [4.78, 5) is 24.8. The van der Waals surface area contributed by atoms with E-state index in [0.29, 0.717) is 11.0 Å². The van der Waals surface area contributed by atoms with Gasteiger partial charge in [-0.05, 0) is 54.6 Å². The standard InChI is InChI=1S/C23H17F4N5O3/c24-17-9-8-15(30-21(33)16-2-1-3-18-19(16)20(28)32-35-18)10-12(17)11-29-22(34)31-14-6-4-13(5-7-14)23(25,26)27/h1-10H,11H2,(H2,28,32)(H,30,33)(H2,29,31,34). The molecule has 0 saturated carbocycles. The molecule has 1 heterocycles. The molecular weight excluding hydrogens is 470 g/mol. The van der Waals surface area contributed by atoms with Gasteiger partial charge < -0.3 is 26.2 Å². The minimum Gasteiger partial charge on any atom is -0.380 e. The van der Waals surface area contributed by atoms with Crippen molar-refractivity contribution in [2.24, 2.45) is 0 Å². The summed E-state index contributed by atoms with van der Waals surface area (Å²) in [5, 5.41) is 11.4. The number of nitrogens with zero attached hydrogens (tertiary/aromatic N) is 1. The van der Waals surface area contributed by atoms with E-state index in [4.69, 9.17) is 10.3 Å². The van der Waals surface area contributed by atoms with E-state index in [0.717, 1.165) is 30.3 Å². The van der Waals surface area contributed by atoms with Crippen LogP contribution in [-0.2, 0) is 12.7 Å². The quantitative estimate of drug-likeness (QED) is 0.290. The van der Waals surface area contributed by atoms with Gasteiger partial charge in [-0.2, -0.15) is 13.2 Å². The number of amides is 3. The molecule has 35 heavy (non-hydrogen) atoms. The molecule has 0 aliphatic rings. The van der Waals surface area contributed by atoms with Gasteiger partial charge in [0, 0.05) is 23.5 Å². The largest absolute Gasteiger partial charge is 0.416 e. The van der Waals surface area contributed by atoms with Crippen LogP contribution in [-0.4, -0.2) is 17.1 Å². The zero-order valence-corrected chi connectivity index (χ0v) is 17.7. The first kappa shape index (κ1) is 23.5. The number of nitrogen functional groups attached to an aromatic ring is 1. The van der Waals surface area contributed by atoms with Crippen molar-refractivity contribution < 1.29 is 31.7 Å². The SMILES string of the molecule is Nc1noc2cccc(C(=O)Nc3ccc(F)c(CNC(=O)Nc4ccc(C(F)(F)F)cc4)c3)c12. The fourth-order valence-corrected chi connectivity index (χ4v) is 3.28. The molecule has 4 aromatic rings. The molecule has 3 amide bonds. The van der Waals surface area contributed by atoms with Gasteiger partial charge in [-0.3, -0.25) is 4.79 Å². The number of hydrogen-bond donors (Lipinski definition) is 4. The second-order valence-corrected chi connectivity index (χ2v) is 7.39. The van der Waals surface area contributed by atoms with Crippen molar-refractivity contribution in [3.8, 4) is 0 Å². The van der Waals surface area contributed by atoms with E-state index in [1.54, 1.807) is 12.1 Å². The first-order valence-corrected chi connectivity index (χ1v) is 10.1. The van der Waals surface area contributed by atoms with Crippen molar-refractivity contribution in [3.63, 3.8) is 0 Å². The van der Waals surface area contributed by atoms with Gasteiger partial charge in [0.25, 0.3) is 5.91 Å². The van der Waals surface area contributed by atoms with Crippen LogP contribution in [0.4, 0.5) is 39.5 Å². The van der Waals surface area contributed by atoms with Gasteiger partial charge in [-0.25, -0.2) is 9.18 Å². The normalized spacial score (nSPS) is 11.3. The van der Waals surface area contributed by atoms with E-state index < -0.39 is 29.5 Å². The van der Waals surface area contributed by atoms with E-state index in [1.165, 1.54) is 18.2 Å². The van der Waals surface area contributed by atoms with Crippen LogP contribution < -0.4 is 21.7 Å². The molecule has 8 nitrogen and oxygen atoms in total. The molecule has 0 bridgehead atoms. The number of carbonyl (C=O) groups excluding carboxylic acids is 2. The minimum absolute atomic E-state index is 0.0498. The predicted octanol–water partition coefficient (Wildman–Crippen LogP) is 5.14. The highest BCUT2D eigenvalue weighted by molar-refractivity contribution is 6.14. The lowest BCUT2D eigenvalue weighted by Gasteiger charge is -2.12. The summed E-state index contributed by atoms with van der Waals surface area (Å²) in [6.07, 6.45) is -4.49. The Morgan fingerprint density at radius 3 is 2.40 bits per heavy atom. The molecule has 12 heteroatoms. The molecule has 0 aliphatic carbocycles. The van der Waals surface area contributed by atoms with Crippen LogP contribution in [0.2, 0.25) is 0 Å². The third kappa shape index (κ3) is 5.32. The molecule has 3 aromatic carbocycles. The maximum absolute atomic E-state index is 14.3. The number of carbonyl (C=O) groups is 2. The Hall–Kier alpha value is -4.61. The molecule has 180 valence electrons. The van der Waals surface area contributed by atoms with Gasteiger partial charge in [0.1, 0.15) is 5.82 Å². The predicted molar refractivity (Wildman–Crippen MR) is 120 cm³/mol. The number of rotatable bonds is 5. The second kappa shape index (κ2) is 9.33. The molecule has 0 fully saturated rings. The molecule has 0 radical (unpaired) electrons. The van der Waals surface area contributed by atoms with E-state index >= 15 is 0 Å². The van der Waals surface area contributed by atoms with E-state index in [2.05, 4.69) is 21.1 Å². The fourth-order valence-electron chi connectivity index (χ4n) is 3.28. The topological polar surface area (TPSA) is 122 Å². The van der Waals surface area contributed by atoms with Crippen molar-refractivity contribution in [1.29, 1.82) is 0 Å². The van der Waals surface area contributed by atoms with Crippen molar-refractivity contribution in [2.45, 2.75) is 12.7 Å². The van der Waals surface area contributed by atoms with Crippen LogP contribution in [0.5, 0.6) is 0 Å². The Balaban J connectivity index is 1.40. The lowest BCUT2D eigenvalue weighted by atomic mass is 10.1. The summed E-state index contributed by atoms with van der Waals surface area (Å²) in [7, 11) is 0. The maximum Gasteiger partial charge on any atom is 0.416 e. The molecule has 0 saturated heterocycles. The van der Waals surface area contributed by atoms with Crippen molar-refractivity contribution in [3.05, 3.63) is 83.2 Å². The molecule has 0 atom stereocenters. The van der Waals surface area contributed by atoms with Crippen LogP contribution in [0.25, 0.3) is 11.0 Å². The van der Waals surface area contributed by atoms with E-state index in [9.17, 15) is 27.2 Å². The summed E-state index contributed by atoms with van der Waals surface area (Å²) in [6.45, 7) is -0.254. The lowest BCUT2D eigenvalue weighted by molar-refractivity contribution is -0.137.